The van der Waals surface area contributed by atoms with Gasteiger partial charge < -0.3 is 4.42 Å². The maximum absolute atomic E-state index is 13.4. The van der Waals surface area contributed by atoms with Crippen LogP contribution in [0.15, 0.2) is 28.9 Å². The zero-order valence-corrected chi connectivity index (χ0v) is 12.5. The van der Waals surface area contributed by atoms with Crippen LogP contribution in [-0.4, -0.2) is 0 Å². The summed E-state index contributed by atoms with van der Waals surface area (Å²) in [5.41, 5.74) is 2.47. The number of furan rings is 1. The molecule has 0 aliphatic carbocycles. The van der Waals surface area contributed by atoms with Crippen molar-refractivity contribution in [3.8, 4) is 0 Å². The number of hydrogen-bond donors (Lipinski definition) is 0. The molecule has 96 valence electrons. The minimum absolute atomic E-state index is 0.0852. The van der Waals surface area contributed by atoms with Crippen LogP contribution in [0, 0.1) is 12.7 Å². The lowest BCUT2D eigenvalue weighted by molar-refractivity contribution is 0.512. The van der Waals surface area contributed by atoms with Crippen molar-refractivity contribution in [2.45, 2.75) is 25.1 Å². The molecule has 0 radical (unpaired) electrons. The van der Waals surface area contributed by atoms with Gasteiger partial charge in [0.15, 0.2) is 0 Å². The zero-order valence-electron chi connectivity index (χ0n) is 10.1. The number of aryl methyl sites for hydroxylation is 2. The molecular formula is C14H13BrClFO. The second-order valence-electron chi connectivity index (χ2n) is 4.14. The smallest absolute Gasteiger partial charge is 0.127 e. The Morgan fingerprint density at radius 3 is 2.78 bits per heavy atom. The summed E-state index contributed by atoms with van der Waals surface area (Å²) < 4.78 is 18.8. The van der Waals surface area contributed by atoms with E-state index in [9.17, 15) is 4.39 Å². The maximum Gasteiger partial charge on any atom is 0.127 e. The lowest BCUT2D eigenvalue weighted by Gasteiger charge is -2.13. The lowest BCUT2D eigenvalue weighted by atomic mass is 10.0. The molecule has 1 nitrogen and oxygen atoms in total. The Morgan fingerprint density at radius 2 is 2.11 bits per heavy atom. The highest BCUT2D eigenvalue weighted by molar-refractivity contribution is 9.09. The van der Waals surface area contributed by atoms with Gasteiger partial charge in [-0.25, -0.2) is 4.39 Å². The highest BCUT2D eigenvalue weighted by Crippen LogP contribution is 2.38. The normalized spacial score (nSPS) is 12.7. The molecule has 1 aromatic heterocycles. The van der Waals surface area contributed by atoms with Gasteiger partial charge in [-0.1, -0.05) is 40.5 Å². The predicted molar refractivity (Wildman–Crippen MR) is 75.0 cm³/mol. The quantitative estimate of drug-likeness (QED) is 0.684. The third-order valence-corrected chi connectivity index (χ3v) is 4.24. The van der Waals surface area contributed by atoms with E-state index in [2.05, 4.69) is 15.9 Å². The summed E-state index contributed by atoms with van der Waals surface area (Å²) in [5.74, 6) is 0.626. The van der Waals surface area contributed by atoms with Crippen molar-refractivity contribution in [3.63, 3.8) is 0 Å². The van der Waals surface area contributed by atoms with Gasteiger partial charge >= 0.3 is 0 Å². The Labute approximate surface area is 119 Å². The number of benzene rings is 1. The van der Waals surface area contributed by atoms with Crippen LogP contribution < -0.4 is 0 Å². The van der Waals surface area contributed by atoms with Crippen molar-refractivity contribution in [2.24, 2.45) is 0 Å². The van der Waals surface area contributed by atoms with Gasteiger partial charge in [-0.2, -0.15) is 0 Å². The fourth-order valence-electron chi connectivity index (χ4n) is 1.91. The molecule has 0 amide bonds. The van der Waals surface area contributed by atoms with Crippen LogP contribution in [0.1, 0.15) is 34.2 Å². The minimum Gasteiger partial charge on any atom is -0.469 e. The second-order valence-corrected chi connectivity index (χ2v) is 5.46. The molecule has 0 saturated carbocycles. The van der Waals surface area contributed by atoms with E-state index < -0.39 is 0 Å². The average Bonchev–Trinajstić information content (AvgIpc) is 2.81. The third-order valence-electron chi connectivity index (χ3n) is 2.93. The Morgan fingerprint density at radius 1 is 1.39 bits per heavy atom. The van der Waals surface area contributed by atoms with E-state index in [1.54, 1.807) is 19.3 Å². The summed E-state index contributed by atoms with van der Waals surface area (Å²) in [6.07, 6.45) is 2.47. The van der Waals surface area contributed by atoms with Crippen molar-refractivity contribution in [3.05, 3.63) is 57.8 Å². The van der Waals surface area contributed by atoms with Gasteiger partial charge in [-0.05, 0) is 30.2 Å². The summed E-state index contributed by atoms with van der Waals surface area (Å²) in [6.45, 7) is 3.75. The Balaban J connectivity index is 2.46. The first-order valence-electron chi connectivity index (χ1n) is 5.70. The molecule has 0 spiro atoms. The van der Waals surface area contributed by atoms with E-state index in [4.69, 9.17) is 16.0 Å². The van der Waals surface area contributed by atoms with Gasteiger partial charge in [0.1, 0.15) is 11.6 Å². The van der Waals surface area contributed by atoms with Crippen LogP contribution in [0.5, 0.6) is 0 Å². The van der Waals surface area contributed by atoms with E-state index >= 15 is 0 Å². The summed E-state index contributed by atoms with van der Waals surface area (Å²) >= 11 is 9.72. The van der Waals surface area contributed by atoms with E-state index in [-0.39, 0.29) is 10.6 Å². The molecule has 1 atom stereocenters. The Hall–Kier alpha value is -0.800. The molecule has 0 aliphatic rings. The Bertz CT molecular complexity index is 565. The Kier molecular flexibility index (Phi) is 4.13. The van der Waals surface area contributed by atoms with Gasteiger partial charge in [0.25, 0.3) is 0 Å². The number of hydrogen-bond acceptors (Lipinski definition) is 1. The van der Waals surface area contributed by atoms with Gasteiger partial charge in [0.05, 0.1) is 11.1 Å². The van der Waals surface area contributed by atoms with E-state index in [0.717, 1.165) is 23.3 Å². The predicted octanol–water partition coefficient (Wildman–Crippen LogP) is 5.43. The van der Waals surface area contributed by atoms with Crippen molar-refractivity contribution >= 4 is 27.5 Å². The molecule has 0 bridgehead atoms. The van der Waals surface area contributed by atoms with Crippen LogP contribution in [-0.2, 0) is 6.42 Å². The van der Waals surface area contributed by atoms with Crippen LogP contribution in [0.2, 0.25) is 5.02 Å². The fourth-order valence-corrected chi connectivity index (χ4v) is 3.08. The first kappa shape index (κ1) is 13.6. The summed E-state index contributed by atoms with van der Waals surface area (Å²) in [7, 11) is 0. The highest BCUT2D eigenvalue weighted by atomic mass is 79.9. The van der Waals surface area contributed by atoms with Crippen LogP contribution in [0.3, 0.4) is 0 Å². The molecule has 4 heteroatoms. The summed E-state index contributed by atoms with van der Waals surface area (Å²) in [4.78, 5) is -0.0852. The fraction of sp³-hybridized carbons (Fsp3) is 0.286. The highest BCUT2D eigenvalue weighted by Gasteiger charge is 2.19. The van der Waals surface area contributed by atoms with Crippen LogP contribution >= 0.6 is 27.5 Å². The van der Waals surface area contributed by atoms with Crippen molar-refractivity contribution in [1.82, 2.24) is 0 Å². The molecule has 2 rings (SSSR count). The molecule has 0 aliphatic heterocycles. The molecule has 18 heavy (non-hydrogen) atoms. The summed E-state index contributed by atoms with van der Waals surface area (Å²) in [5, 5.41) is 0.420. The molecular weight excluding hydrogens is 319 g/mol. The molecule has 0 N–H and O–H groups in total. The third kappa shape index (κ3) is 2.47. The topological polar surface area (TPSA) is 13.1 Å². The number of rotatable bonds is 3. The minimum atomic E-state index is -0.286. The van der Waals surface area contributed by atoms with E-state index in [0.29, 0.717) is 10.6 Å². The van der Waals surface area contributed by atoms with Gasteiger partial charge in [-0.3, -0.25) is 0 Å². The number of alkyl halides is 1. The van der Waals surface area contributed by atoms with E-state index in [1.807, 2.05) is 13.0 Å². The second kappa shape index (κ2) is 5.45. The lowest BCUT2D eigenvalue weighted by Crippen LogP contribution is -1.98. The average molecular weight is 332 g/mol. The summed E-state index contributed by atoms with van der Waals surface area (Å²) in [6, 6.07) is 5.03. The molecule has 1 heterocycles. The molecule has 1 aromatic carbocycles. The zero-order chi connectivity index (χ0) is 13.3. The van der Waals surface area contributed by atoms with Crippen LogP contribution in [0.4, 0.5) is 4.39 Å². The first-order chi connectivity index (χ1) is 8.54. The molecule has 0 fully saturated rings. The van der Waals surface area contributed by atoms with Gasteiger partial charge in [-0.15, -0.1) is 0 Å². The van der Waals surface area contributed by atoms with Crippen molar-refractivity contribution in [2.75, 3.05) is 0 Å². The largest absolute Gasteiger partial charge is 0.469 e. The first-order valence-corrected chi connectivity index (χ1v) is 6.99. The SMILES string of the molecule is CCc1occc1C(Br)c1cc(C)c(F)cc1Cl. The molecule has 0 saturated heterocycles. The van der Waals surface area contributed by atoms with Gasteiger partial charge in [0, 0.05) is 17.0 Å². The van der Waals surface area contributed by atoms with Crippen molar-refractivity contribution in [1.29, 1.82) is 0 Å². The molecule has 1 unspecified atom stereocenters. The molecule has 2 aromatic rings. The maximum atomic E-state index is 13.4. The van der Waals surface area contributed by atoms with E-state index in [1.165, 1.54) is 6.07 Å². The standard InChI is InChI=1S/C14H13BrClFO/c1-3-13-9(4-5-18-13)14(15)10-6-8(2)12(17)7-11(10)16/h4-7,14H,3H2,1-2H3. The number of halogens is 3. The van der Waals surface area contributed by atoms with Gasteiger partial charge in [0.2, 0.25) is 0 Å². The van der Waals surface area contributed by atoms with Crippen molar-refractivity contribution < 1.29 is 8.81 Å². The monoisotopic (exact) mass is 330 g/mol. The van der Waals surface area contributed by atoms with Crippen LogP contribution in [0.25, 0.3) is 0 Å².